The Balaban J connectivity index is 2.06. The summed E-state index contributed by atoms with van der Waals surface area (Å²) in [5, 5.41) is 5.11. The van der Waals surface area contributed by atoms with Crippen molar-refractivity contribution in [1.82, 2.24) is 4.98 Å². The van der Waals surface area contributed by atoms with E-state index in [9.17, 15) is 4.79 Å². The van der Waals surface area contributed by atoms with Crippen LogP contribution < -0.4 is 0 Å². The largest absolute Gasteiger partial charge is 0.303 e. The van der Waals surface area contributed by atoms with E-state index in [1.54, 1.807) is 22.7 Å². The van der Waals surface area contributed by atoms with Gasteiger partial charge in [-0.15, -0.1) is 22.7 Å². The van der Waals surface area contributed by atoms with Crippen LogP contribution in [-0.4, -0.2) is 11.3 Å². The Morgan fingerprint density at radius 1 is 1.43 bits per heavy atom. The van der Waals surface area contributed by atoms with E-state index in [4.69, 9.17) is 0 Å². The highest BCUT2D eigenvalue weighted by Gasteiger charge is 2.03. The molecule has 0 aliphatic rings. The standard InChI is InChI=1S/C10H9NOS2/c12-4-3-8-7-14-10(11-8)6-9-2-1-5-13-9/h1-2,4-5,7H,3,6H2. The average molecular weight is 223 g/mol. The Labute approximate surface area is 90.2 Å². The number of carbonyl (C=O) groups excluding carboxylic acids is 1. The van der Waals surface area contributed by atoms with Crippen LogP contribution in [0.3, 0.4) is 0 Å². The topological polar surface area (TPSA) is 30.0 Å². The summed E-state index contributed by atoms with van der Waals surface area (Å²) < 4.78 is 0. The summed E-state index contributed by atoms with van der Waals surface area (Å²) >= 11 is 3.36. The highest BCUT2D eigenvalue weighted by molar-refractivity contribution is 7.11. The van der Waals surface area contributed by atoms with Crippen LogP contribution in [0, 0.1) is 0 Å². The van der Waals surface area contributed by atoms with Gasteiger partial charge in [-0.1, -0.05) is 6.07 Å². The molecule has 0 amide bonds. The number of carbonyl (C=O) groups is 1. The zero-order chi connectivity index (χ0) is 9.80. The van der Waals surface area contributed by atoms with Gasteiger partial charge < -0.3 is 4.79 Å². The summed E-state index contributed by atoms with van der Waals surface area (Å²) in [6.07, 6.45) is 2.21. The van der Waals surface area contributed by atoms with Crippen LogP contribution in [0.25, 0.3) is 0 Å². The number of hydrogen-bond acceptors (Lipinski definition) is 4. The Morgan fingerprint density at radius 3 is 3.07 bits per heavy atom. The van der Waals surface area contributed by atoms with Crippen LogP contribution in [0.1, 0.15) is 15.6 Å². The smallest absolute Gasteiger partial charge is 0.125 e. The van der Waals surface area contributed by atoms with Gasteiger partial charge in [0.25, 0.3) is 0 Å². The Morgan fingerprint density at radius 2 is 2.36 bits per heavy atom. The van der Waals surface area contributed by atoms with Crippen molar-refractivity contribution in [3.05, 3.63) is 38.5 Å². The van der Waals surface area contributed by atoms with Crippen molar-refractivity contribution in [2.45, 2.75) is 12.8 Å². The van der Waals surface area contributed by atoms with Gasteiger partial charge in [0.1, 0.15) is 6.29 Å². The molecule has 0 radical (unpaired) electrons. The molecule has 2 rings (SSSR count). The minimum absolute atomic E-state index is 0.431. The van der Waals surface area contributed by atoms with Crippen LogP contribution in [0.15, 0.2) is 22.9 Å². The maximum Gasteiger partial charge on any atom is 0.125 e. The van der Waals surface area contributed by atoms with Crippen molar-refractivity contribution >= 4 is 29.0 Å². The minimum Gasteiger partial charge on any atom is -0.303 e. The van der Waals surface area contributed by atoms with Crippen LogP contribution in [0.5, 0.6) is 0 Å². The summed E-state index contributed by atoms with van der Waals surface area (Å²) in [5.74, 6) is 0. The normalized spacial score (nSPS) is 10.3. The molecular formula is C10H9NOS2. The van der Waals surface area contributed by atoms with E-state index in [1.807, 2.05) is 11.4 Å². The number of nitrogens with zero attached hydrogens (tertiary/aromatic N) is 1. The number of aldehydes is 1. The third-order valence-electron chi connectivity index (χ3n) is 1.80. The van der Waals surface area contributed by atoms with Crippen LogP contribution in [-0.2, 0) is 17.6 Å². The second-order valence-electron chi connectivity index (χ2n) is 2.86. The van der Waals surface area contributed by atoms with Gasteiger partial charge in [-0.05, 0) is 11.4 Å². The Hall–Kier alpha value is -1.00. The van der Waals surface area contributed by atoms with E-state index in [1.165, 1.54) is 4.88 Å². The van der Waals surface area contributed by atoms with Gasteiger partial charge in [0.05, 0.1) is 10.7 Å². The first-order valence-corrected chi connectivity index (χ1v) is 6.03. The first kappa shape index (κ1) is 9.55. The molecule has 0 N–H and O–H groups in total. The molecule has 14 heavy (non-hydrogen) atoms. The molecule has 0 saturated carbocycles. The molecule has 2 aromatic heterocycles. The maximum atomic E-state index is 10.3. The fourth-order valence-corrected chi connectivity index (χ4v) is 2.80. The van der Waals surface area contributed by atoms with E-state index >= 15 is 0 Å². The monoisotopic (exact) mass is 223 g/mol. The highest BCUT2D eigenvalue weighted by atomic mass is 32.1. The lowest BCUT2D eigenvalue weighted by atomic mass is 10.3. The molecular weight excluding hydrogens is 214 g/mol. The summed E-state index contributed by atoms with van der Waals surface area (Å²) in [6, 6.07) is 4.14. The zero-order valence-electron chi connectivity index (χ0n) is 7.47. The highest BCUT2D eigenvalue weighted by Crippen LogP contribution is 2.17. The van der Waals surface area contributed by atoms with Gasteiger partial charge in [-0.25, -0.2) is 4.98 Å². The molecule has 0 spiro atoms. The molecule has 0 atom stereocenters. The van der Waals surface area contributed by atoms with Crippen molar-refractivity contribution < 1.29 is 4.79 Å². The van der Waals surface area contributed by atoms with Crippen LogP contribution >= 0.6 is 22.7 Å². The van der Waals surface area contributed by atoms with Crippen molar-refractivity contribution in [2.75, 3.05) is 0 Å². The molecule has 0 fully saturated rings. The Kier molecular flexibility index (Phi) is 3.06. The van der Waals surface area contributed by atoms with Gasteiger partial charge in [0.15, 0.2) is 0 Å². The molecule has 0 aliphatic heterocycles. The molecule has 0 unspecified atom stereocenters. The van der Waals surface area contributed by atoms with Crippen LogP contribution in [0.2, 0.25) is 0 Å². The lowest BCUT2D eigenvalue weighted by Gasteiger charge is -1.90. The predicted molar refractivity (Wildman–Crippen MR) is 59.0 cm³/mol. The minimum atomic E-state index is 0.431. The van der Waals surface area contributed by atoms with Gasteiger partial charge in [-0.2, -0.15) is 0 Å². The number of rotatable bonds is 4. The van der Waals surface area contributed by atoms with Crippen LogP contribution in [0.4, 0.5) is 0 Å². The number of thiazole rings is 1. The molecule has 0 aromatic carbocycles. The van der Waals surface area contributed by atoms with E-state index < -0.39 is 0 Å². The third-order valence-corrected chi connectivity index (χ3v) is 3.57. The van der Waals surface area contributed by atoms with Gasteiger partial charge in [0, 0.05) is 23.1 Å². The molecule has 2 heterocycles. The molecule has 0 saturated heterocycles. The molecule has 0 aliphatic carbocycles. The van der Waals surface area contributed by atoms with Crippen molar-refractivity contribution in [2.24, 2.45) is 0 Å². The SMILES string of the molecule is O=CCc1csc(Cc2cccs2)n1. The fourth-order valence-electron chi connectivity index (χ4n) is 1.17. The third kappa shape index (κ3) is 2.27. The van der Waals surface area contributed by atoms with E-state index in [0.29, 0.717) is 6.42 Å². The van der Waals surface area contributed by atoms with Gasteiger partial charge in [-0.3, -0.25) is 0 Å². The zero-order valence-corrected chi connectivity index (χ0v) is 9.11. The lowest BCUT2D eigenvalue weighted by molar-refractivity contribution is -0.107. The first-order chi connectivity index (χ1) is 6.88. The number of hydrogen-bond donors (Lipinski definition) is 0. The molecule has 2 nitrogen and oxygen atoms in total. The second-order valence-corrected chi connectivity index (χ2v) is 4.83. The maximum absolute atomic E-state index is 10.3. The lowest BCUT2D eigenvalue weighted by Crippen LogP contribution is -1.88. The summed E-state index contributed by atoms with van der Waals surface area (Å²) in [6.45, 7) is 0. The summed E-state index contributed by atoms with van der Waals surface area (Å²) in [4.78, 5) is 16.0. The van der Waals surface area contributed by atoms with Crippen molar-refractivity contribution in [3.8, 4) is 0 Å². The molecule has 4 heteroatoms. The number of aromatic nitrogens is 1. The van der Waals surface area contributed by atoms with E-state index in [2.05, 4.69) is 16.4 Å². The molecule has 0 bridgehead atoms. The first-order valence-electron chi connectivity index (χ1n) is 4.28. The predicted octanol–water partition coefficient (Wildman–Crippen LogP) is 2.54. The fraction of sp³-hybridized carbons (Fsp3) is 0.200. The Bertz CT molecular complexity index is 405. The van der Waals surface area contributed by atoms with E-state index in [0.717, 1.165) is 23.4 Å². The summed E-state index contributed by atoms with van der Waals surface area (Å²) in [7, 11) is 0. The average Bonchev–Trinajstić information content (AvgIpc) is 2.79. The number of thiophene rings is 1. The quantitative estimate of drug-likeness (QED) is 0.746. The van der Waals surface area contributed by atoms with E-state index in [-0.39, 0.29) is 0 Å². The van der Waals surface area contributed by atoms with Gasteiger partial charge >= 0.3 is 0 Å². The van der Waals surface area contributed by atoms with Crippen molar-refractivity contribution in [3.63, 3.8) is 0 Å². The van der Waals surface area contributed by atoms with Gasteiger partial charge in [0.2, 0.25) is 0 Å². The second kappa shape index (κ2) is 4.48. The summed E-state index contributed by atoms with van der Waals surface area (Å²) in [5.41, 5.74) is 0.886. The van der Waals surface area contributed by atoms with Crippen molar-refractivity contribution in [1.29, 1.82) is 0 Å². The molecule has 72 valence electrons. The molecule has 2 aromatic rings.